The molecule has 0 aliphatic carbocycles. The van der Waals surface area contributed by atoms with Gasteiger partial charge in [-0.05, 0) is 46.9 Å². The minimum absolute atomic E-state index is 0.0178. The maximum absolute atomic E-state index is 12.7. The summed E-state index contributed by atoms with van der Waals surface area (Å²) in [6.45, 7) is 0. The van der Waals surface area contributed by atoms with Crippen LogP contribution in [0, 0.1) is 3.57 Å². The van der Waals surface area contributed by atoms with Crippen LogP contribution in [0.4, 0.5) is 13.2 Å². The van der Waals surface area contributed by atoms with Gasteiger partial charge in [-0.1, -0.05) is 30.3 Å². The Morgan fingerprint density at radius 3 is 2.09 bits per heavy atom. The van der Waals surface area contributed by atoms with E-state index in [1.54, 1.807) is 30.3 Å². The first-order valence-corrected chi connectivity index (χ1v) is 7.26. The van der Waals surface area contributed by atoms with Crippen molar-refractivity contribution >= 4 is 34.3 Å². The van der Waals surface area contributed by atoms with Gasteiger partial charge in [0.15, 0.2) is 0 Å². The molecule has 0 aliphatic heterocycles. The summed E-state index contributed by atoms with van der Waals surface area (Å²) in [5.74, 6) is -1.37. The topological polar surface area (TPSA) is 26.3 Å². The van der Waals surface area contributed by atoms with Crippen molar-refractivity contribution in [2.45, 2.75) is 6.18 Å². The Morgan fingerprint density at radius 1 is 0.955 bits per heavy atom. The van der Waals surface area contributed by atoms with Crippen molar-refractivity contribution in [2.24, 2.45) is 0 Å². The van der Waals surface area contributed by atoms with Gasteiger partial charge in [-0.15, -0.1) is 0 Å². The van der Waals surface area contributed by atoms with Crippen LogP contribution in [-0.2, 0) is 4.74 Å². The molecule has 0 amide bonds. The first-order chi connectivity index (χ1) is 10.3. The van der Waals surface area contributed by atoms with Gasteiger partial charge in [0.05, 0.1) is 11.6 Å². The van der Waals surface area contributed by atoms with Crippen LogP contribution < -0.4 is 0 Å². The van der Waals surface area contributed by atoms with E-state index in [-0.39, 0.29) is 17.2 Å². The molecule has 0 aromatic heterocycles. The first kappa shape index (κ1) is 16.5. The maximum Gasteiger partial charge on any atom is 0.413 e. The van der Waals surface area contributed by atoms with Crippen molar-refractivity contribution in [3.05, 3.63) is 75.4 Å². The lowest BCUT2D eigenvalue weighted by Crippen LogP contribution is -2.09. The lowest BCUT2D eigenvalue weighted by Gasteiger charge is -2.11. The largest absolute Gasteiger partial charge is 0.422 e. The summed E-state index contributed by atoms with van der Waals surface area (Å²) >= 11 is 2.03. The van der Waals surface area contributed by atoms with Crippen LogP contribution in [0.3, 0.4) is 0 Å². The Labute approximate surface area is 138 Å². The molecule has 0 heterocycles. The molecule has 22 heavy (non-hydrogen) atoms. The Kier molecular flexibility index (Phi) is 5.23. The third-order valence-corrected chi connectivity index (χ3v) is 3.35. The highest BCUT2D eigenvalue weighted by Gasteiger charge is 2.27. The van der Waals surface area contributed by atoms with Gasteiger partial charge >= 0.3 is 12.1 Å². The smallest absolute Gasteiger partial charge is 0.413 e. The zero-order valence-electron chi connectivity index (χ0n) is 11.1. The quantitative estimate of drug-likeness (QED) is 0.396. The summed E-state index contributed by atoms with van der Waals surface area (Å²) in [6, 6.07) is 14.1. The maximum atomic E-state index is 12.7. The number of alkyl halides is 3. The van der Waals surface area contributed by atoms with Crippen molar-refractivity contribution in [1.82, 2.24) is 0 Å². The van der Waals surface area contributed by atoms with Gasteiger partial charge in [-0.3, -0.25) is 0 Å². The average molecular weight is 418 g/mol. The molecule has 0 spiro atoms. The normalized spacial score (nSPS) is 12.1. The predicted molar refractivity (Wildman–Crippen MR) is 85.0 cm³/mol. The van der Waals surface area contributed by atoms with E-state index in [0.717, 1.165) is 3.57 Å². The SMILES string of the molecule is O=C(O/C(=C/C(F)(F)F)c1ccc(I)cc1)c1ccccc1. The lowest BCUT2D eigenvalue weighted by molar-refractivity contribution is -0.0802. The van der Waals surface area contributed by atoms with Gasteiger partial charge in [0.1, 0.15) is 5.76 Å². The molecule has 114 valence electrons. The van der Waals surface area contributed by atoms with Gasteiger partial charge in [0, 0.05) is 9.13 Å². The van der Waals surface area contributed by atoms with E-state index in [9.17, 15) is 18.0 Å². The zero-order valence-corrected chi connectivity index (χ0v) is 13.3. The molecular formula is C16H10F3IO2. The highest BCUT2D eigenvalue weighted by atomic mass is 127. The van der Waals surface area contributed by atoms with E-state index in [0.29, 0.717) is 0 Å². The van der Waals surface area contributed by atoms with Gasteiger partial charge in [0.25, 0.3) is 0 Å². The monoisotopic (exact) mass is 418 g/mol. The number of rotatable bonds is 3. The molecule has 0 radical (unpaired) electrons. The summed E-state index contributed by atoms with van der Waals surface area (Å²) in [7, 11) is 0. The highest BCUT2D eigenvalue weighted by molar-refractivity contribution is 14.1. The fourth-order valence-corrected chi connectivity index (χ4v) is 2.03. The second kappa shape index (κ2) is 6.95. The Balaban J connectivity index is 2.32. The number of allylic oxidation sites excluding steroid dienone is 1. The molecule has 0 saturated carbocycles. The van der Waals surface area contributed by atoms with Crippen LogP contribution >= 0.6 is 22.6 Å². The van der Waals surface area contributed by atoms with Crippen molar-refractivity contribution in [3.63, 3.8) is 0 Å². The van der Waals surface area contributed by atoms with Gasteiger partial charge < -0.3 is 4.74 Å². The summed E-state index contributed by atoms with van der Waals surface area (Å²) < 4.78 is 43.8. The minimum Gasteiger partial charge on any atom is -0.422 e. The van der Waals surface area contributed by atoms with Crippen molar-refractivity contribution in [3.8, 4) is 0 Å². The molecule has 0 saturated heterocycles. The second-order valence-electron chi connectivity index (χ2n) is 4.31. The third-order valence-electron chi connectivity index (χ3n) is 2.64. The van der Waals surface area contributed by atoms with Gasteiger partial charge in [0.2, 0.25) is 0 Å². The molecule has 0 fully saturated rings. The summed E-state index contributed by atoms with van der Waals surface area (Å²) in [5.41, 5.74) is 0.364. The Hall–Kier alpha value is -1.83. The second-order valence-corrected chi connectivity index (χ2v) is 5.56. The summed E-state index contributed by atoms with van der Waals surface area (Å²) in [5, 5.41) is 0. The number of carbonyl (C=O) groups is 1. The fourth-order valence-electron chi connectivity index (χ4n) is 1.67. The molecule has 0 unspecified atom stereocenters. The van der Waals surface area contributed by atoms with E-state index in [1.807, 2.05) is 22.6 Å². The minimum atomic E-state index is -4.59. The molecule has 2 aromatic carbocycles. The number of ether oxygens (including phenoxy) is 1. The number of hydrogen-bond donors (Lipinski definition) is 0. The fraction of sp³-hybridized carbons (Fsp3) is 0.0625. The number of hydrogen-bond acceptors (Lipinski definition) is 2. The van der Waals surface area contributed by atoms with E-state index in [2.05, 4.69) is 0 Å². The highest BCUT2D eigenvalue weighted by Crippen LogP contribution is 2.26. The number of carbonyl (C=O) groups excluding carboxylic acids is 1. The molecular weight excluding hydrogens is 408 g/mol. The van der Waals surface area contributed by atoms with Crippen LogP contribution in [0.15, 0.2) is 60.7 Å². The van der Waals surface area contributed by atoms with Crippen LogP contribution in [-0.4, -0.2) is 12.1 Å². The molecule has 2 aromatic rings. The zero-order chi connectivity index (χ0) is 16.2. The Morgan fingerprint density at radius 2 is 1.55 bits per heavy atom. The van der Waals surface area contributed by atoms with E-state index in [4.69, 9.17) is 4.74 Å². The van der Waals surface area contributed by atoms with Crippen molar-refractivity contribution in [1.29, 1.82) is 0 Å². The Bertz CT molecular complexity index is 677. The number of esters is 1. The van der Waals surface area contributed by atoms with E-state index >= 15 is 0 Å². The standard InChI is InChI=1S/C16H10F3IO2/c17-16(18,19)10-14(11-6-8-13(20)9-7-11)22-15(21)12-4-2-1-3-5-12/h1-10H/b14-10+. The van der Waals surface area contributed by atoms with Gasteiger partial charge in [-0.2, -0.15) is 13.2 Å². The molecule has 0 N–H and O–H groups in total. The molecule has 0 atom stereocenters. The van der Waals surface area contributed by atoms with Crippen LogP contribution in [0.5, 0.6) is 0 Å². The molecule has 0 bridgehead atoms. The molecule has 6 heteroatoms. The third kappa shape index (κ3) is 4.87. The van der Waals surface area contributed by atoms with E-state index < -0.39 is 17.9 Å². The van der Waals surface area contributed by atoms with Crippen molar-refractivity contribution in [2.75, 3.05) is 0 Å². The first-order valence-electron chi connectivity index (χ1n) is 6.18. The van der Waals surface area contributed by atoms with Gasteiger partial charge in [-0.25, -0.2) is 4.79 Å². The van der Waals surface area contributed by atoms with E-state index in [1.165, 1.54) is 24.3 Å². The van der Waals surface area contributed by atoms with Crippen LogP contribution in [0.2, 0.25) is 0 Å². The van der Waals surface area contributed by atoms with Crippen LogP contribution in [0.25, 0.3) is 5.76 Å². The molecule has 2 nitrogen and oxygen atoms in total. The predicted octanol–water partition coefficient (Wildman–Crippen LogP) is 5.05. The van der Waals surface area contributed by atoms with Crippen LogP contribution in [0.1, 0.15) is 15.9 Å². The summed E-state index contributed by atoms with van der Waals surface area (Å²) in [4.78, 5) is 11.9. The van der Waals surface area contributed by atoms with Crippen molar-refractivity contribution < 1.29 is 22.7 Å². The number of halogens is 4. The molecule has 2 rings (SSSR count). The molecule has 0 aliphatic rings. The number of benzene rings is 2. The lowest BCUT2D eigenvalue weighted by atomic mass is 10.1. The average Bonchev–Trinajstić information content (AvgIpc) is 2.47. The summed E-state index contributed by atoms with van der Waals surface area (Å²) in [6.07, 6.45) is -4.61.